The molecule has 1 aromatic rings. The van der Waals surface area contributed by atoms with Gasteiger partial charge in [0.2, 0.25) is 5.91 Å². The zero-order valence-corrected chi connectivity index (χ0v) is 11.1. The van der Waals surface area contributed by atoms with Crippen LogP contribution < -0.4 is 4.90 Å². The smallest absolute Gasteiger partial charge is 0.270 e. The van der Waals surface area contributed by atoms with Gasteiger partial charge < -0.3 is 4.90 Å². The van der Waals surface area contributed by atoms with Gasteiger partial charge in [0, 0.05) is 24.7 Å². The summed E-state index contributed by atoms with van der Waals surface area (Å²) in [5.41, 5.74) is 0.134. The van der Waals surface area contributed by atoms with E-state index in [0.717, 1.165) is 6.92 Å². The number of benzene rings is 1. The second-order valence-corrected chi connectivity index (χ2v) is 4.29. The number of anilines is 1. The SMILES string of the molecule is CC(F)(F)c1cccc(N(CCC#N)C(=O)CCl)c1. The fourth-order valence-corrected chi connectivity index (χ4v) is 1.72. The van der Waals surface area contributed by atoms with Crippen LogP contribution in [0.5, 0.6) is 0 Å². The topological polar surface area (TPSA) is 44.1 Å². The third-order valence-electron chi connectivity index (χ3n) is 2.53. The molecular formula is C13H13ClF2N2O. The molecule has 19 heavy (non-hydrogen) atoms. The third-order valence-corrected chi connectivity index (χ3v) is 2.76. The Hall–Kier alpha value is -1.67. The highest BCUT2D eigenvalue weighted by Gasteiger charge is 2.25. The quantitative estimate of drug-likeness (QED) is 0.780. The lowest BCUT2D eigenvalue weighted by atomic mass is 10.1. The van der Waals surface area contributed by atoms with Crippen LogP contribution in [0.15, 0.2) is 24.3 Å². The van der Waals surface area contributed by atoms with E-state index in [1.165, 1.54) is 29.2 Å². The van der Waals surface area contributed by atoms with Gasteiger partial charge in [-0.2, -0.15) is 5.26 Å². The molecular weight excluding hydrogens is 274 g/mol. The highest BCUT2D eigenvalue weighted by atomic mass is 35.5. The van der Waals surface area contributed by atoms with E-state index in [4.69, 9.17) is 16.9 Å². The zero-order chi connectivity index (χ0) is 14.5. The molecule has 0 N–H and O–H groups in total. The van der Waals surface area contributed by atoms with Gasteiger partial charge >= 0.3 is 0 Å². The first kappa shape index (κ1) is 15.4. The molecule has 0 aliphatic heterocycles. The van der Waals surface area contributed by atoms with E-state index in [2.05, 4.69) is 0 Å². The van der Waals surface area contributed by atoms with Crippen molar-refractivity contribution in [2.75, 3.05) is 17.3 Å². The number of amides is 1. The number of nitriles is 1. The van der Waals surface area contributed by atoms with Crippen molar-refractivity contribution < 1.29 is 13.6 Å². The molecule has 0 radical (unpaired) electrons. The maximum absolute atomic E-state index is 13.3. The van der Waals surface area contributed by atoms with E-state index < -0.39 is 11.8 Å². The van der Waals surface area contributed by atoms with Crippen LogP contribution in [-0.2, 0) is 10.7 Å². The molecule has 0 spiro atoms. The van der Waals surface area contributed by atoms with Gasteiger partial charge in [-0.15, -0.1) is 11.6 Å². The fraction of sp³-hybridized carbons (Fsp3) is 0.385. The standard InChI is InChI=1S/C13H13ClF2N2O/c1-13(15,16)10-4-2-5-11(8-10)18(7-3-6-17)12(19)9-14/h2,4-5,8H,3,7,9H2,1H3. The molecule has 102 valence electrons. The minimum Gasteiger partial charge on any atom is -0.310 e. The molecule has 6 heteroatoms. The first-order valence-electron chi connectivity index (χ1n) is 5.61. The van der Waals surface area contributed by atoms with Crippen molar-refractivity contribution in [1.29, 1.82) is 5.26 Å². The molecule has 0 fully saturated rings. The lowest BCUT2D eigenvalue weighted by Gasteiger charge is -2.22. The average Bonchev–Trinajstić information content (AvgIpc) is 2.38. The summed E-state index contributed by atoms with van der Waals surface area (Å²) in [6, 6.07) is 7.42. The van der Waals surface area contributed by atoms with Gasteiger partial charge in [0.05, 0.1) is 12.5 Å². The highest BCUT2D eigenvalue weighted by Crippen LogP contribution is 2.29. The summed E-state index contributed by atoms with van der Waals surface area (Å²) in [6.45, 7) is 0.913. The molecule has 0 atom stereocenters. The molecule has 1 amide bonds. The Morgan fingerprint density at radius 1 is 1.53 bits per heavy atom. The molecule has 0 aliphatic carbocycles. The van der Waals surface area contributed by atoms with Crippen molar-refractivity contribution in [3.63, 3.8) is 0 Å². The van der Waals surface area contributed by atoms with Crippen LogP contribution >= 0.6 is 11.6 Å². The Balaban J connectivity index is 3.09. The van der Waals surface area contributed by atoms with Gasteiger partial charge in [0.1, 0.15) is 5.88 Å². The van der Waals surface area contributed by atoms with E-state index in [-0.39, 0.29) is 24.4 Å². The van der Waals surface area contributed by atoms with E-state index in [1.807, 2.05) is 6.07 Å². The van der Waals surface area contributed by atoms with Crippen LogP contribution in [0.4, 0.5) is 14.5 Å². The fourth-order valence-electron chi connectivity index (χ4n) is 1.58. The molecule has 0 saturated heterocycles. The molecule has 1 aromatic carbocycles. The maximum Gasteiger partial charge on any atom is 0.270 e. The van der Waals surface area contributed by atoms with Crippen molar-refractivity contribution in [3.05, 3.63) is 29.8 Å². The van der Waals surface area contributed by atoms with Crippen LogP contribution in [0.25, 0.3) is 0 Å². The molecule has 0 aromatic heterocycles. The lowest BCUT2D eigenvalue weighted by molar-refractivity contribution is -0.116. The molecule has 0 heterocycles. The number of hydrogen-bond donors (Lipinski definition) is 0. The Bertz CT molecular complexity index is 494. The average molecular weight is 287 g/mol. The largest absolute Gasteiger partial charge is 0.310 e. The highest BCUT2D eigenvalue weighted by molar-refractivity contribution is 6.29. The van der Waals surface area contributed by atoms with Crippen LogP contribution in [0.2, 0.25) is 0 Å². The van der Waals surface area contributed by atoms with Gasteiger partial charge in [-0.25, -0.2) is 8.78 Å². The van der Waals surface area contributed by atoms with E-state index in [0.29, 0.717) is 5.69 Å². The predicted molar refractivity (Wildman–Crippen MR) is 69.3 cm³/mol. The van der Waals surface area contributed by atoms with Crippen LogP contribution in [0.1, 0.15) is 18.9 Å². The Kier molecular flexibility index (Phi) is 5.25. The van der Waals surface area contributed by atoms with Crippen LogP contribution in [-0.4, -0.2) is 18.3 Å². The molecule has 0 bridgehead atoms. The molecule has 0 aliphatic rings. The van der Waals surface area contributed by atoms with Gasteiger partial charge in [-0.1, -0.05) is 12.1 Å². The number of rotatable bonds is 5. The monoisotopic (exact) mass is 286 g/mol. The number of hydrogen-bond acceptors (Lipinski definition) is 2. The maximum atomic E-state index is 13.3. The van der Waals surface area contributed by atoms with Crippen molar-refractivity contribution in [3.8, 4) is 6.07 Å². The number of carbonyl (C=O) groups excluding carboxylic acids is 1. The van der Waals surface area contributed by atoms with Gasteiger partial charge in [0.15, 0.2) is 0 Å². The number of nitrogens with zero attached hydrogens (tertiary/aromatic N) is 2. The lowest BCUT2D eigenvalue weighted by Crippen LogP contribution is -2.33. The molecule has 0 unspecified atom stereocenters. The van der Waals surface area contributed by atoms with E-state index >= 15 is 0 Å². The minimum atomic E-state index is -2.99. The minimum absolute atomic E-state index is 0.107. The van der Waals surface area contributed by atoms with Crippen molar-refractivity contribution in [2.45, 2.75) is 19.3 Å². The van der Waals surface area contributed by atoms with E-state index in [1.54, 1.807) is 0 Å². The first-order chi connectivity index (χ1) is 8.90. The van der Waals surface area contributed by atoms with Crippen molar-refractivity contribution in [1.82, 2.24) is 0 Å². The molecule has 3 nitrogen and oxygen atoms in total. The summed E-state index contributed by atoms with van der Waals surface area (Å²) >= 11 is 5.48. The Morgan fingerprint density at radius 2 is 2.21 bits per heavy atom. The Labute approximate surface area is 115 Å². The number of carbonyl (C=O) groups is 1. The third kappa shape index (κ3) is 4.18. The summed E-state index contributed by atoms with van der Waals surface area (Å²) in [4.78, 5) is 12.9. The van der Waals surface area contributed by atoms with Gasteiger partial charge in [-0.3, -0.25) is 4.79 Å². The van der Waals surface area contributed by atoms with E-state index in [9.17, 15) is 13.6 Å². The van der Waals surface area contributed by atoms with Gasteiger partial charge in [-0.05, 0) is 12.1 Å². The summed E-state index contributed by atoms with van der Waals surface area (Å²) in [6.07, 6.45) is 0.107. The molecule has 0 saturated carbocycles. The van der Waals surface area contributed by atoms with Crippen molar-refractivity contribution >= 4 is 23.2 Å². The summed E-state index contributed by atoms with van der Waals surface area (Å²) < 4.78 is 26.5. The molecule has 1 rings (SSSR count). The zero-order valence-electron chi connectivity index (χ0n) is 10.4. The Morgan fingerprint density at radius 3 is 2.74 bits per heavy atom. The number of halogens is 3. The summed E-state index contributed by atoms with van der Waals surface area (Å²) in [5.74, 6) is -3.67. The summed E-state index contributed by atoms with van der Waals surface area (Å²) in [7, 11) is 0. The second kappa shape index (κ2) is 6.48. The predicted octanol–water partition coefficient (Wildman–Crippen LogP) is 3.28. The summed E-state index contributed by atoms with van der Waals surface area (Å²) in [5, 5.41) is 8.56. The van der Waals surface area contributed by atoms with Crippen molar-refractivity contribution in [2.24, 2.45) is 0 Å². The van der Waals surface area contributed by atoms with Crippen LogP contribution in [0.3, 0.4) is 0 Å². The second-order valence-electron chi connectivity index (χ2n) is 4.03. The van der Waals surface area contributed by atoms with Crippen LogP contribution in [0, 0.1) is 11.3 Å². The van der Waals surface area contributed by atoms with Gasteiger partial charge in [0.25, 0.3) is 5.92 Å². The number of alkyl halides is 3. The normalized spacial score (nSPS) is 10.9. The first-order valence-corrected chi connectivity index (χ1v) is 6.15.